The van der Waals surface area contributed by atoms with Gasteiger partial charge in [-0.1, -0.05) is 0 Å². The van der Waals surface area contributed by atoms with Crippen molar-refractivity contribution in [3.05, 3.63) is 54.9 Å². The lowest BCUT2D eigenvalue weighted by atomic mass is 10.1. The van der Waals surface area contributed by atoms with Crippen molar-refractivity contribution in [1.29, 1.82) is 0 Å². The van der Waals surface area contributed by atoms with E-state index in [1.807, 2.05) is 47.4 Å². The highest BCUT2D eigenvalue weighted by atomic mass is 16.5. The number of nitrogens with one attached hydrogen (secondary N) is 1. The number of aryl methyl sites for hydroxylation is 1. The molecule has 0 radical (unpaired) electrons. The second kappa shape index (κ2) is 6.83. The first kappa shape index (κ1) is 16.1. The third kappa shape index (κ3) is 3.08. The van der Waals surface area contributed by atoms with Gasteiger partial charge < -0.3 is 14.6 Å². The van der Waals surface area contributed by atoms with Crippen molar-refractivity contribution in [3.8, 4) is 17.0 Å². The maximum Gasteiger partial charge on any atom is 0.200 e. The molecule has 0 amide bonds. The average Bonchev–Trinajstić information content (AvgIpc) is 3.35. The Morgan fingerprint density at radius 1 is 1.15 bits per heavy atom. The molecule has 4 rings (SSSR count). The predicted octanol–water partition coefficient (Wildman–Crippen LogP) is 2.63. The van der Waals surface area contributed by atoms with Crippen molar-refractivity contribution in [2.45, 2.75) is 20.0 Å². The van der Waals surface area contributed by atoms with E-state index < -0.39 is 0 Å². The molecule has 0 bridgehead atoms. The van der Waals surface area contributed by atoms with Gasteiger partial charge in [-0.15, -0.1) is 10.2 Å². The van der Waals surface area contributed by atoms with Crippen LogP contribution in [0.15, 0.2) is 49.2 Å². The van der Waals surface area contributed by atoms with Crippen molar-refractivity contribution in [2.75, 3.05) is 12.4 Å². The smallest absolute Gasteiger partial charge is 0.200 e. The molecule has 0 fully saturated rings. The number of imidazole rings is 1. The van der Waals surface area contributed by atoms with Gasteiger partial charge in [0.05, 0.1) is 37.1 Å². The summed E-state index contributed by atoms with van der Waals surface area (Å²) < 4.78 is 8.93. The summed E-state index contributed by atoms with van der Waals surface area (Å²) in [7, 11) is 1.65. The zero-order valence-corrected chi connectivity index (χ0v) is 14.6. The van der Waals surface area contributed by atoms with Crippen LogP contribution in [0.4, 0.5) is 5.69 Å². The van der Waals surface area contributed by atoms with Crippen LogP contribution >= 0.6 is 0 Å². The van der Waals surface area contributed by atoms with Crippen LogP contribution < -0.4 is 10.1 Å². The lowest BCUT2D eigenvalue weighted by molar-refractivity contribution is 0.415. The number of anilines is 1. The minimum absolute atomic E-state index is 0.599. The van der Waals surface area contributed by atoms with Crippen molar-refractivity contribution >= 4 is 11.3 Å². The zero-order chi connectivity index (χ0) is 17.9. The van der Waals surface area contributed by atoms with E-state index in [2.05, 4.69) is 32.5 Å². The highest BCUT2D eigenvalue weighted by Gasteiger charge is 2.10. The first-order valence-electron chi connectivity index (χ1n) is 8.37. The van der Waals surface area contributed by atoms with Gasteiger partial charge in [-0.3, -0.25) is 0 Å². The van der Waals surface area contributed by atoms with Gasteiger partial charge in [-0.2, -0.15) is 9.61 Å². The van der Waals surface area contributed by atoms with Crippen LogP contribution in [-0.2, 0) is 13.1 Å². The summed E-state index contributed by atoms with van der Waals surface area (Å²) in [6.07, 6.45) is 5.46. The van der Waals surface area contributed by atoms with Gasteiger partial charge in [0, 0.05) is 18.3 Å². The molecule has 3 aromatic heterocycles. The number of ether oxygens (including phenoxy) is 1. The second-order valence-corrected chi connectivity index (χ2v) is 5.82. The molecule has 8 nitrogen and oxygen atoms in total. The highest BCUT2D eigenvalue weighted by molar-refractivity contribution is 5.73. The Hall–Kier alpha value is -3.42. The Labute approximate surface area is 150 Å². The first-order chi connectivity index (χ1) is 12.8. The molecule has 3 heterocycles. The summed E-state index contributed by atoms with van der Waals surface area (Å²) >= 11 is 0. The Kier molecular flexibility index (Phi) is 4.22. The molecule has 0 saturated heterocycles. The van der Waals surface area contributed by atoms with E-state index in [9.17, 15) is 0 Å². The molecule has 1 aromatic carbocycles. The van der Waals surface area contributed by atoms with Crippen molar-refractivity contribution in [3.63, 3.8) is 0 Å². The summed E-state index contributed by atoms with van der Waals surface area (Å²) in [6, 6.07) is 9.76. The van der Waals surface area contributed by atoms with E-state index >= 15 is 0 Å². The molecule has 1 N–H and O–H groups in total. The van der Waals surface area contributed by atoms with Gasteiger partial charge >= 0.3 is 0 Å². The number of rotatable bonds is 6. The largest absolute Gasteiger partial charge is 0.497 e. The fourth-order valence-corrected chi connectivity index (χ4v) is 2.72. The van der Waals surface area contributed by atoms with Crippen LogP contribution in [0, 0.1) is 0 Å². The second-order valence-electron chi connectivity index (χ2n) is 5.82. The average molecular weight is 349 g/mol. The lowest BCUT2D eigenvalue weighted by Gasteiger charge is -2.09. The molecule has 0 saturated carbocycles. The van der Waals surface area contributed by atoms with Gasteiger partial charge in [-0.25, -0.2) is 4.98 Å². The molecule has 0 spiro atoms. The zero-order valence-electron chi connectivity index (χ0n) is 14.6. The topological polar surface area (TPSA) is 82.2 Å². The quantitative estimate of drug-likeness (QED) is 0.576. The molecule has 0 atom stereocenters. The monoisotopic (exact) mass is 349 g/mol. The van der Waals surface area contributed by atoms with Gasteiger partial charge in [0.2, 0.25) is 5.65 Å². The number of methoxy groups -OCH3 is 1. The summed E-state index contributed by atoms with van der Waals surface area (Å²) in [6.45, 7) is 3.59. The van der Waals surface area contributed by atoms with Gasteiger partial charge in [0.25, 0.3) is 0 Å². The summed E-state index contributed by atoms with van der Waals surface area (Å²) in [4.78, 5) is 4.40. The van der Waals surface area contributed by atoms with E-state index in [0.717, 1.165) is 34.9 Å². The van der Waals surface area contributed by atoms with E-state index in [4.69, 9.17) is 4.74 Å². The SMILES string of the molecule is CCn1cnc(CNc2cc(-c3ccc(OC)cc3)nn3cnnc23)c1. The van der Waals surface area contributed by atoms with Crippen molar-refractivity contribution < 1.29 is 4.74 Å². The number of fused-ring (bicyclic) bond motifs is 1. The maximum atomic E-state index is 5.22. The minimum Gasteiger partial charge on any atom is -0.497 e. The molecule has 8 heteroatoms. The number of aromatic nitrogens is 6. The van der Waals surface area contributed by atoms with Gasteiger partial charge in [-0.05, 0) is 37.3 Å². The molecule has 0 aliphatic rings. The van der Waals surface area contributed by atoms with Gasteiger partial charge in [0.1, 0.15) is 12.1 Å². The number of hydrogen-bond donors (Lipinski definition) is 1. The minimum atomic E-state index is 0.599. The molecular formula is C18H19N7O. The fraction of sp³-hybridized carbons (Fsp3) is 0.222. The van der Waals surface area contributed by atoms with Crippen LogP contribution in [-0.4, -0.2) is 36.5 Å². The van der Waals surface area contributed by atoms with Crippen LogP contribution in [0.3, 0.4) is 0 Å². The van der Waals surface area contributed by atoms with Crippen molar-refractivity contribution in [1.82, 2.24) is 29.4 Å². The van der Waals surface area contributed by atoms with Crippen LogP contribution in [0.1, 0.15) is 12.6 Å². The van der Waals surface area contributed by atoms with Crippen LogP contribution in [0.5, 0.6) is 5.75 Å². The van der Waals surface area contributed by atoms with Gasteiger partial charge in [0.15, 0.2) is 0 Å². The first-order valence-corrected chi connectivity index (χ1v) is 8.37. The predicted molar refractivity (Wildman–Crippen MR) is 98.0 cm³/mol. The normalized spacial score (nSPS) is 11.0. The molecule has 0 unspecified atom stereocenters. The van der Waals surface area contributed by atoms with E-state index in [-0.39, 0.29) is 0 Å². The Bertz CT molecular complexity index is 1020. The third-order valence-electron chi connectivity index (χ3n) is 4.17. The van der Waals surface area contributed by atoms with E-state index in [1.165, 1.54) is 0 Å². The Morgan fingerprint density at radius 3 is 2.73 bits per heavy atom. The van der Waals surface area contributed by atoms with E-state index in [1.54, 1.807) is 18.0 Å². The Balaban J connectivity index is 1.65. The van der Waals surface area contributed by atoms with Crippen molar-refractivity contribution in [2.24, 2.45) is 0 Å². The number of benzene rings is 1. The standard InChI is InChI=1S/C18H19N7O/c1-3-24-10-14(20-11-24)9-19-17-8-16(23-25-12-21-22-18(17)25)13-4-6-15(26-2)7-5-13/h4-8,10-12,19H,3,9H2,1-2H3. The summed E-state index contributed by atoms with van der Waals surface area (Å²) in [5.74, 6) is 0.809. The molecule has 26 heavy (non-hydrogen) atoms. The summed E-state index contributed by atoms with van der Waals surface area (Å²) in [5, 5.41) is 16.1. The number of hydrogen-bond acceptors (Lipinski definition) is 6. The Morgan fingerprint density at radius 2 is 2.00 bits per heavy atom. The van der Waals surface area contributed by atoms with Crippen LogP contribution in [0.25, 0.3) is 16.9 Å². The molecule has 4 aromatic rings. The molecule has 0 aliphatic heterocycles. The fourth-order valence-electron chi connectivity index (χ4n) is 2.72. The van der Waals surface area contributed by atoms with E-state index in [0.29, 0.717) is 12.2 Å². The molecule has 0 aliphatic carbocycles. The molecule has 132 valence electrons. The van der Waals surface area contributed by atoms with Crippen LogP contribution in [0.2, 0.25) is 0 Å². The molecular weight excluding hydrogens is 330 g/mol. The number of nitrogens with zero attached hydrogens (tertiary/aromatic N) is 6. The third-order valence-corrected chi connectivity index (χ3v) is 4.17. The lowest BCUT2D eigenvalue weighted by Crippen LogP contribution is -2.04. The summed E-state index contributed by atoms with van der Waals surface area (Å²) in [5.41, 5.74) is 4.31. The highest BCUT2D eigenvalue weighted by Crippen LogP contribution is 2.25. The maximum absolute atomic E-state index is 5.22.